The fraction of sp³-hybridized carbons (Fsp3) is 0.462. The first-order valence-corrected chi connectivity index (χ1v) is 6.91. The van der Waals surface area contributed by atoms with Gasteiger partial charge in [0.15, 0.2) is 0 Å². The maximum absolute atomic E-state index is 12.5. The SMILES string of the molecule is Cc1nn(C)c(Cl)c1Cn1cnc2c(c1=O)CCNC2. The standard InChI is InChI=1S/C13H16ClN5O/c1-8-10(12(14)18(2)17-8)6-19-7-16-11-5-15-4-3-9(11)13(19)20/h7,15H,3-6H2,1-2H3. The Labute approximate surface area is 121 Å². The molecule has 2 aromatic heterocycles. The van der Waals surface area contributed by atoms with Crippen LogP contribution in [0.3, 0.4) is 0 Å². The molecule has 0 saturated carbocycles. The van der Waals surface area contributed by atoms with E-state index in [2.05, 4.69) is 15.4 Å². The molecule has 1 aliphatic heterocycles. The van der Waals surface area contributed by atoms with Crippen molar-refractivity contribution >= 4 is 11.6 Å². The van der Waals surface area contributed by atoms with Crippen molar-refractivity contribution in [1.82, 2.24) is 24.6 Å². The summed E-state index contributed by atoms with van der Waals surface area (Å²) in [7, 11) is 1.79. The third-order valence-electron chi connectivity index (χ3n) is 3.66. The molecule has 106 valence electrons. The van der Waals surface area contributed by atoms with Gasteiger partial charge in [-0.25, -0.2) is 4.98 Å². The number of rotatable bonds is 2. The van der Waals surface area contributed by atoms with Crippen LogP contribution in [0.15, 0.2) is 11.1 Å². The monoisotopic (exact) mass is 293 g/mol. The van der Waals surface area contributed by atoms with E-state index >= 15 is 0 Å². The molecule has 0 unspecified atom stereocenters. The summed E-state index contributed by atoms with van der Waals surface area (Å²) < 4.78 is 3.23. The predicted molar refractivity (Wildman–Crippen MR) is 76.0 cm³/mol. The normalized spacial score (nSPS) is 14.3. The van der Waals surface area contributed by atoms with Gasteiger partial charge in [0.1, 0.15) is 5.15 Å². The molecule has 7 heteroatoms. The quantitative estimate of drug-likeness (QED) is 0.882. The molecule has 0 bridgehead atoms. The van der Waals surface area contributed by atoms with Crippen molar-refractivity contribution in [3.05, 3.63) is 44.3 Å². The average molecular weight is 294 g/mol. The van der Waals surface area contributed by atoms with E-state index in [9.17, 15) is 4.79 Å². The number of nitrogens with one attached hydrogen (secondary N) is 1. The first kappa shape index (κ1) is 13.3. The van der Waals surface area contributed by atoms with Crippen LogP contribution < -0.4 is 10.9 Å². The second-order valence-corrected chi connectivity index (χ2v) is 5.37. The molecular formula is C13H16ClN5O. The molecular weight excluding hydrogens is 278 g/mol. The van der Waals surface area contributed by atoms with Gasteiger partial charge in [0, 0.05) is 24.7 Å². The number of hydrogen-bond acceptors (Lipinski definition) is 4. The van der Waals surface area contributed by atoms with Gasteiger partial charge in [-0.05, 0) is 19.9 Å². The summed E-state index contributed by atoms with van der Waals surface area (Å²) in [5.74, 6) is 0. The predicted octanol–water partition coefficient (Wildman–Crippen LogP) is 0.633. The summed E-state index contributed by atoms with van der Waals surface area (Å²) in [6.07, 6.45) is 2.32. The Morgan fingerprint density at radius 2 is 2.30 bits per heavy atom. The third kappa shape index (κ3) is 2.14. The molecule has 2 aromatic rings. The van der Waals surface area contributed by atoms with E-state index in [-0.39, 0.29) is 5.56 Å². The Balaban J connectivity index is 2.01. The van der Waals surface area contributed by atoms with Crippen LogP contribution in [0.2, 0.25) is 5.15 Å². The van der Waals surface area contributed by atoms with E-state index in [0.29, 0.717) is 18.2 Å². The lowest BCUT2D eigenvalue weighted by Crippen LogP contribution is -2.34. The number of halogens is 1. The lowest BCUT2D eigenvalue weighted by Gasteiger charge is -2.16. The molecule has 0 atom stereocenters. The van der Waals surface area contributed by atoms with Gasteiger partial charge >= 0.3 is 0 Å². The van der Waals surface area contributed by atoms with Crippen molar-refractivity contribution in [3.8, 4) is 0 Å². The summed E-state index contributed by atoms with van der Waals surface area (Å²) in [6, 6.07) is 0. The van der Waals surface area contributed by atoms with Crippen LogP contribution in [-0.4, -0.2) is 25.9 Å². The third-order valence-corrected chi connectivity index (χ3v) is 4.14. The van der Waals surface area contributed by atoms with E-state index in [1.165, 1.54) is 0 Å². The molecule has 0 aromatic carbocycles. The van der Waals surface area contributed by atoms with Crippen molar-refractivity contribution in [2.75, 3.05) is 6.54 Å². The molecule has 0 aliphatic carbocycles. The topological polar surface area (TPSA) is 64.7 Å². The molecule has 0 saturated heterocycles. The second-order valence-electron chi connectivity index (χ2n) is 5.01. The number of nitrogens with zero attached hydrogens (tertiary/aromatic N) is 4. The molecule has 1 aliphatic rings. The number of aromatic nitrogens is 4. The Kier molecular flexibility index (Phi) is 3.35. The Bertz CT molecular complexity index is 718. The number of fused-ring (bicyclic) bond motifs is 1. The number of aryl methyl sites for hydroxylation is 2. The molecule has 6 nitrogen and oxygen atoms in total. The van der Waals surface area contributed by atoms with Crippen molar-refractivity contribution in [3.63, 3.8) is 0 Å². The van der Waals surface area contributed by atoms with Crippen molar-refractivity contribution in [2.24, 2.45) is 7.05 Å². The molecule has 3 heterocycles. The lowest BCUT2D eigenvalue weighted by molar-refractivity contribution is 0.596. The molecule has 3 rings (SSSR count). The first-order chi connectivity index (χ1) is 9.58. The van der Waals surface area contributed by atoms with Crippen LogP contribution in [0.1, 0.15) is 22.5 Å². The number of hydrogen-bond donors (Lipinski definition) is 1. The Morgan fingerprint density at radius 3 is 3.00 bits per heavy atom. The molecule has 0 radical (unpaired) electrons. The molecule has 1 N–H and O–H groups in total. The molecule has 0 fully saturated rings. The van der Waals surface area contributed by atoms with Crippen LogP contribution in [0.25, 0.3) is 0 Å². The van der Waals surface area contributed by atoms with Crippen molar-refractivity contribution in [2.45, 2.75) is 26.4 Å². The highest BCUT2D eigenvalue weighted by atomic mass is 35.5. The van der Waals surface area contributed by atoms with E-state index in [4.69, 9.17) is 11.6 Å². The highest BCUT2D eigenvalue weighted by molar-refractivity contribution is 6.30. The minimum atomic E-state index is 0.0239. The van der Waals surface area contributed by atoms with Crippen LogP contribution in [0.4, 0.5) is 0 Å². The summed E-state index contributed by atoms with van der Waals surface area (Å²) in [6.45, 7) is 3.78. The van der Waals surface area contributed by atoms with Crippen LogP contribution in [0.5, 0.6) is 0 Å². The van der Waals surface area contributed by atoms with Crippen molar-refractivity contribution in [1.29, 1.82) is 0 Å². The maximum Gasteiger partial charge on any atom is 0.257 e. The van der Waals surface area contributed by atoms with E-state index in [1.807, 2.05) is 6.92 Å². The van der Waals surface area contributed by atoms with E-state index < -0.39 is 0 Å². The van der Waals surface area contributed by atoms with Crippen LogP contribution >= 0.6 is 11.6 Å². The van der Waals surface area contributed by atoms with Gasteiger partial charge in [-0.15, -0.1) is 0 Å². The van der Waals surface area contributed by atoms with E-state index in [0.717, 1.165) is 35.5 Å². The highest BCUT2D eigenvalue weighted by Gasteiger charge is 2.17. The summed E-state index contributed by atoms with van der Waals surface area (Å²) in [5.41, 5.74) is 3.39. The summed E-state index contributed by atoms with van der Waals surface area (Å²) >= 11 is 6.21. The van der Waals surface area contributed by atoms with Gasteiger partial charge in [0.25, 0.3) is 5.56 Å². The lowest BCUT2D eigenvalue weighted by atomic mass is 10.1. The van der Waals surface area contributed by atoms with Gasteiger partial charge in [-0.1, -0.05) is 11.6 Å². The minimum absolute atomic E-state index is 0.0239. The smallest absolute Gasteiger partial charge is 0.257 e. The zero-order valence-corrected chi connectivity index (χ0v) is 12.2. The fourth-order valence-electron chi connectivity index (χ4n) is 2.53. The van der Waals surface area contributed by atoms with Gasteiger partial charge in [-0.2, -0.15) is 5.10 Å². The fourth-order valence-corrected chi connectivity index (χ4v) is 2.76. The zero-order valence-electron chi connectivity index (χ0n) is 11.5. The Hall–Kier alpha value is -1.66. The maximum atomic E-state index is 12.5. The van der Waals surface area contributed by atoms with Gasteiger partial charge < -0.3 is 5.32 Å². The van der Waals surface area contributed by atoms with Gasteiger partial charge in [0.2, 0.25) is 0 Å². The van der Waals surface area contributed by atoms with Gasteiger partial charge in [0.05, 0.1) is 24.3 Å². The Morgan fingerprint density at radius 1 is 1.50 bits per heavy atom. The molecule has 0 spiro atoms. The first-order valence-electron chi connectivity index (χ1n) is 6.54. The zero-order chi connectivity index (χ0) is 14.3. The summed E-state index contributed by atoms with van der Waals surface area (Å²) in [4.78, 5) is 16.8. The van der Waals surface area contributed by atoms with Crippen LogP contribution in [-0.2, 0) is 26.6 Å². The molecule has 20 heavy (non-hydrogen) atoms. The second kappa shape index (κ2) is 5.03. The van der Waals surface area contributed by atoms with Gasteiger partial charge in [-0.3, -0.25) is 14.0 Å². The molecule has 0 amide bonds. The highest BCUT2D eigenvalue weighted by Crippen LogP contribution is 2.19. The minimum Gasteiger partial charge on any atom is -0.311 e. The van der Waals surface area contributed by atoms with E-state index in [1.54, 1.807) is 22.6 Å². The largest absolute Gasteiger partial charge is 0.311 e. The van der Waals surface area contributed by atoms with Crippen LogP contribution in [0, 0.1) is 6.92 Å². The average Bonchev–Trinajstić information content (AvgIpc) is 2.68. The summed E-state index contributed by atoms with van der Waals surface area (Å²) in [5, 5.41) is 8.04. The van der Waals surface area contributed by atoms with Crippen molar-refractivity contribution < 1.29 is 0 Å².